The second kappa shape index (κ2) is 7.68. The standard InChI is InChI=1S/C13H18N2O3S/c1-9-4-2-3-5-10(9)6-11(8-19)15-13(18)14-7-12(16)17/h2-5,11,19H,6-8H2,1H3,(H,16,17)(H2,14,15,18)/t11-/m1/s1. The number of thiol groups is 1. The molecule has 1 aromatic carbocycles. The van der Waals surface area contributed by atoms with Crippen LogP contribution in [0.2, 0.25) is 0 Å². The number of hydrogen-bond acceptors (Lipinski definition) is 3. The lowest BCUT2D eigenvalue weighted by Crippen LogP contribution is -2.45. The summed E-state index contributed by atoms with van der Waals surface area (Å²) in [5.74, 6) is -0.592. The number of carboxylic acids is 1. The summed E-state index contributed by atoms with van der Waals surface area (Å²) in [5.41, 5.74) is 2.29. The van der Waals surface area contributed by atoms with Crippen molar-refractivity contribution in [3.63, 3.8) is 0 Å². The number of nitrogens with one attached hydrogen (secondary N) is 2. The molecule has 1 aromatic rings. The summed E-state index contributed by atoms with van der Waals surface area (Å²) >= 11 is 4.20. The number of urea groups is 1. The molecular formula is C13H18N2O3S. The monoisotopic (exact) mass is 282 g/mol. The third kappa shape index (κ3) is 5.65. The maximum Gasteiger partial charge on any atom is 0.323 e. The van der Waals surface area contributed by atoms with Crippen LogP contribution in [0.1, 0.15) is 11.1 Å². The van der Waals surface area contributed by atoms with E-state index in [0.29, 0.717) is 12.2 Å². The summed E-state index contributed by atoms with van der Waals surface area (Å²) in [6, 6.07) is 7.29. The van der Waals surface area contributed by atoms with Gasteiger partial charge in [0, 0.05) is 11.8 Å². The minimum Gasteiger partial charge on any atom is -0.480 e. The normalized spacial score (nSPS) is 11.7. The summed E-state index contributed by atoms with van der Waals surface area (Å²) in [4.78, 5) is 21.8. The molecule has 5 nitrogen and oxygen atoms in total. The SMILES string of the molecule is Cc1ccccc1C[C@H](CS)NC(=O)NCC(=O)O. The maximum absolute atomic E-state index is 11.5. The van der Waals surface area contributed by atoms with Gasteiger partial charge in [-0.2, -0.15) is 12.6 Å². The number of amides is 2. The maximum atomic E-state index is 11.5. The van der Waals surface area contributed by atoms with Gasteiger partial charge in [0.2, 0.25) is 0 Å². The summed E-state index contributed by atoms with van der Waals surface area (Å²) in [5, 5.41) is 13.4. The van der Waals surface area contributed by atoms with Crippen LogP contribution in [0.25, 0.3) is 0 Å². The molecule has 0 saturated heterocycles. The predicted octanol–water partition coefficient (Wildman–Crippen LogP) is 1.22. The van der Waals surface area contributed by atoms with E-state index in [1.165, 1.54) is 0 Å². The first-order valence-electron chi connectivity index (χ1n) is 5.94. The van der Waals surface area contributed by atoms with Crippen LogP contribution in [-0.2, 0) is 11.2 Å². The molecule has 0 radical (unpaired) electrons. The molecule has 0 unspecified atom stereocenters. The summed E-state index contributed by atoms with van der Waals surface area (Å²) in [7, 11) is 0. The molecule has 0 heterocycles. The highest BCUT2D eigenvalue weighted by molar-refractivity contribution is 7.80. The van der Waals surface area contributed by atoms with Crippen molar-refractivity contribution in [2.75, 3.05) is 12.3 Å². The molecule has 0 aliphatic heterocycles. The zero-order chi connectivity index (χ0) is 14.3. The fraction of sp³-hybridized carbons (Fsp3) is 0.385. The van der Waals surface area contributed by atoms with Gasteiger partial charge in [0.25, 0.3) is 0 Å². The number of carboxylic acid groups (broad SMARTS) is 1. The van der Waals surface area contributed by atoms with Crippen molar-refractivity contribution in [3.8, 4) is 0 Å². The largest absolute Gasteiger partial charge is 0.480 e. The zero-order valence-electron chi connectivity index (χ0n) is 10.7. The van der Waals surface area contributed by atoms with Gasteiger partial charge >= 0.3 is 12.0 Å². The molecule has 3 N–H and O–H groups in total. The highest BCUT2D eigenvalue weighted by Crippen LogP contribution is 2.10. The Balaban J connectivity index is 2.52. The van der Waals surface area contributed by atoms with E-state index in [1.807, 2.05) is 31.2 Å². The van der Waals surface area contributed by atoms with Gasteiger partial charge in [-0.15, -0.1) is 0 Å². The molecule has 1 rings (SSSR count). The van der Waals surface area contributed by atoms with E-state index in [-0.39, 0.29) is 6.04 Å². The average molecular weight is 282 g/mol. The van der Waals surface area contributed by atoms with E-state index in [1.54, 1.807) is 0 Å². The van der Waals surface area contributed by atoms with Crippen molar-refractivity contribution in [2.45, 2.75) is 19.4 Å². The number of rotatable bonds is 6. The third-order valence-corrected chi connectivity index (χ3v) is 3.12. The highest BCUT2D eigenvalue weighted by atomic mass is 32.1. The van der Waals surface area contributed by atoms with Gasteiger partial charge in [-0.05, 0) is 24.5 Å². The fourth-order valence-electron chi connectivity index (χ4n) is 1.66. The van der Waals surface area contributed by atoms with Crippen LogP contribution in [0.5, 0.6) is 0 Å². The Morgan fingerprint density at radius 1 is 1.37 bits per heavy atom. The molecule has 0 fully saturated rings. The van der Waals surface area contributed by atoms with Crippen LogP contribution in [0, 0.1) is 6.92 Å². The lowest BCUT2D eigenvalue weighted by atomic mass is 10.0. The third-order valence-electron chi connectivity index (χ3n) is 2.68. The van der Waals surface area contributed by atoms with E-state index < -0.39 is 18.5 Å². The summed E-state index contributed by atoms with van der Waals surface area (Å²) in [6.45, 7) is 1.62. The van der Waals surface area contributed by atoms with Crippen LogP contribution in [0.15, 0.2) is 24.3 Å². The van der Waals surface area contributed by atoms with E-state index in [4.69, 9.17) is 5.11 Å². The molecule has 6 heteroatoms. The Hall–Kier alpha value is -1.69. The van der Waals surface area contributed by atoms with Crippen molar-refractivity contribution >= 4 is 24.6 Å². The van der Waals surface area contributed by atoms with Gasteiger partial charge in [-0.25, -0.2) is 4.79 Å². The van der Waals surface area contributed by atoms with E-state index in [0.717, 1.165) is 11.1 Å². The van der Waals surface area contributed by atoms with E-state index in [2.05, 4.69) is 23.3 Å². The number of carbonyl (C=O) groups is 2. The number of carbonyl (C=O) groups excluding carboxylic acids is 1. The topological polar surface area (TPSA) is 78.4 Å². The van der Waals surface area contributed by atoms with Gasteiger partial charge in [-0.3, -0.25) is 4.79 Å². The number of aryl methyl sites for hydroxylation is 1. The first-order valence-corrected chi connectivity index (χ1v) is 6.57. The van der Waals surface area contributed by atoms with Crippen molar-refractivity contribution < 1.29 is 14.7 Å². The molecule has 19 heavy (non-hydrogen) atoms. The van der Waals surface area contributed by atoms with Crippen molar-refractivity contribution in [2.24, 2.45) is 0 Å². The molecule has 0 saturated carbocycles. The van der Waals surface area contributed by atoms with Crippen LogP contribution < -0.4 is 10.6 Å². The number of hydrogen-bond donors (Lipinski definition) is 4. The summed E-state index contributed by atoms with van der Waals surface area (Å²) < 4.78 is 0. The zero-order valence-corrected chi connectivity index (χ0v) is 11.6. The highest BCUT2D eigenvalue weighted by Gasteiger charge is 2.12. The van der Waals surface area contributed by atoms with Crippen molar-refractivity contribution in [1.29, 1.82) is 0 Å². The second-order valence-electron chi connectivity index (χ2n) is 4.23. The van der Waals surface area contributed by atoms with Crippen molar-refractivity contribution in [3.05, 3.63) is 35.4 Å². The Morgan fingerprint density at radius 2 is 2.05 bits per heavy atom. The fourth-order valence-corrected chi connectivity index (χ4v) is 1.88. The quantitative estimate of drug-likeness (QED) is 0.592. The predicted molar refractivity (Wildman–Crippen MR) is 76.7 cm³/mol. The molecule has 0 bridgehead atoms. The molecule has 0 aliphatic rings. The Bertz CT molecular complexity index is 451. The van der Waals surface area contributed by atoms with Gasteiger partial charge in [0.15, 0.2) is 0 Å². The van der Waals surface area contributed by atoms with Gasteiger partial charge in [0.1, 0.15) is 6.54 Å². The minimum atomic E-state index is -1.07. The molecule has 0 spiro atoms. The Morgan fingerprint density at radius 3 is 2.63 bits per heavy atom. The molecular weight excluding hydrogens is 264 g/mol. The van der Waals surface area contributed by atoms with Gasteiger partial charge in [-0.1, -0.05) is 24.3 Å². The Kier molecular flexibility index (Phi) is 6.21. The minimum absolute atomic E-state index is 0.141. The smallest absolute Gasteiger partial charge is 0.323 e. The van der Waals surface area contributed by atoms with Crippen LogP contribution >= 0.6 is 12.6 Å². The number of aliphatic carboxylic acids is 1. The second-order valence-corrected chi connectivity index (χ2v) is 4.60. The first-order chi connectivity index (χ1) is 9.02. The van der Waals surface area contributed by atoms with Crippen LogP contribution in [0.3, 0.4) is 0 Å². The van der Waals surface area contributed by atoms with Gasteiger partial charge in [0.05, 0.1) is 0 Å². The number of benzene rings is 1. The molecule has 0 aliphatic carbocycles. The van der Waals surface area contributed by atoms with E-state index in [9.17, 15) is 9.59 Å². The van der Waals surface area contributed by atoms with E-state index >= 15 is 0 Å². The Labute approximate surface area is 117 Å². The van der Waals surface area contributed by atoms with Crippen LogP contribution in [-0.4, -0.2) is 35.4 Å². The summed E-state index contributed by atoms with van der Waals surface area (Å²) in [6.07, 6.45) is 0.663. The average Bonchev–Trinajstić information content (AvgIpc) is 2.38. The van der Waals surface area contributed by atoms with Crippen molar-refractivity contribution in [1.82, 2.24) is 10.6 Å². The van der Waals surface area contributed by atoms with Gasteiger partial charge < -0.3 is 15.7 Å². The molecule has 0 aromatic heterocycles. The lowest BCUT2D eigenvalue weighted by molar-refractivity contribution is -0.135. The molecule has 1 atom stereocenters. The molecule has 2 amide bonds. The molecule has 104 valence electrons. The lowest BCUT2D eigenvalue weighted by Gasteiger charge is -2.18. The first kappa shape index (κ1) is 15.4. The van der Waals surface area contributed by atoms with Crippen LogP contribution in [0.4, 0.5) is 4.79 Å².